The summed E-state index contributed by atoms with van der Waals surface area (Å²) in [5.41, 5.74) is 1.99. The molecule has 0 radical (unpaired) electrons. The fraction of sp³-hybridized carbons (Fsp3) is 0. The van der Waals surface area contributed by atoms with Gasteiger partial charge in [0.2, 0.25) is 0 Å². The minimum absolute atomic E-state index is 0.246. The topological polar surface area (TPSA) is 66.3 Å². The van der Waals surface area contributed by atoms with Gasteiger partial charge in [-0.15, -0.1) is 0 Å². The number of anilines is 3. The van der Waals surface area contributed by atoms with Crippen LogP contribution in [-0.2, 0) is 0 Å². The Morgan fingerprint density at radius 3 is 2.27 bits per heavy atom. The van der Waals surface area contributed by atoms with Crippen LogP contribution in [0.4, 0.5) is 17.1 Å². The first-order chi connectivity index (χ1) is 12.5. The molecule has 132 valence electrons. The van der Waals surface area contributed by atoms with Crippen molar-refractivity contribution in [3.8, 4) is 0 Å². The van der Waals surface area contributed by atoms with Crippen LogP contribution in [0.5, 0.6) is 0 Å². The van der Waals surface area contributed by atoms with E-state index in [0.717, 1.165) is 5.69 Å². The SMILES string of the molecule is O=C(Nc1ccc(NC(=S)Nc2cc(Cl)ccc2Cl)cc1)c1ccco1. The summed E-state index contributed by atoms with van der Waals surface area (Å²) < 4.78 is 5.05. The number of benzene rings is 2. The lowest BCUT2D eigenvalue weighted by atomic mass is 10.2. The molecular formula is C18H13Cl2N3O2S. The summed E-state index contributed by atoms with van der Waals surface area (Å²) in [5, 5.41) is 10.2. The Kier molecular flexibility index (Phi) is 5.78. The summed E-state index contributed by atoms with van der Waals surface area (Å²) in [7, 11) is 0. The molecule has 0 atom stereocenters. The van der Waals surface area contributed by atoms with Gasteiger partial charge in [0.15, 0.2) is 10.9 Å². The third-order valence-electron chi connectivity index (χ3n) is 3.32. The van der Waals surface area contributed by atoms with Crippen LogP contribution in [-0.4, -0.2) is 11.0 Å². The van der Waals surface area contributed by atoms with Crippen molar-refractivity contribution in [1.29, 1.82) is 0 Å². The van der Waals surface area contributed by atoms with Crippen molar-refractivity contribution in [1.82, 2.24) is 0 Å². The molecule has 0 bridgehead atoms. The van der Waals surface area contributed by atoms with E-state index in [1.807, 2.05) is 0 Å². The monoisotopic (exact) mass is 405 g/mol. The summed E-state index contributed by atoms with van der Waals surface area (Å²) in [6, 6.07) is 15.4. The molecule has 3 aromatic rings. The van der Waals surface area contributed by atoms with Crippen molar-refractivity contribution < 1.29 is 9.21 Å². The van der Waals surface area contributed by atoms with Crippen molar-refractivity contribution in [2.45, 2.75) is 0 Å². The standard InChI is InChI=1S/C18H13Cl2N3O2S/c19-11-3-8-14(20)15(10-11)23-18(26)22-13-6-4-12(5-7-13)21-17(24)16-2-1-9-25-16/h1-10H,(H,21,24)(H2,22,23,26). The Hall–Kier alpha value is -2.54. The molecule has 0 unspecified atom stereocenters. The minimum Gasteiger partial charge on any atom is -0.459 e. The van der Waals surface area contributed by atoms with E-state index >= 15 is 0 Å². The number of nitrogens with one attached hydrogen (secondary N) is 3. The van der Waals surface area contributed by atoms with E-state index in [2.05, 4.69) is 16.0 Å². The smallest absolute Gasteiger partial charge is 0.291 e. The highest BCUT2D eigenvalue weighted by molar-refractivity contribution is 7.80. The summed E-state index contributed by atoms with van der Waals surface area (Å²) in [4.78, 5) is 11.9. The zero-order chi connectivity index (χ0) is 18.5. The van der Waals surface area contributed by atoms with Gasteiger partial charge in [0, 0.05) is 16.4 Å². The number of thiocarbonyl (C=S) groups is 1. The number of carbonyl (C=O) groups is 1. The van der Waals surface area contributed by atoms with Crippen molar-refractivity contribution in [2.24, 2.45) is 0 Å². The van der Waals surface area contributed by atoms with Crippen LogP contribution in [0.25, 0.3) is 0 Å². The molecule has 0 saturated heterocycles. The van der Waals surface area contributed by atoms with Gasteiger partial charge in [0.05, 0.1) is 17.0 Å². The number of amides is 1. The van der Waals surface area contributed by atoms with E-state index in [-0.39, 0.29) is 11.7 Å². The van der Waals surface area contributed by atoms with Crippen molar-refractivity contribution in [3.05, 3.63) is 76.7 Å². The van der Waals surface area contributed by atoms with Crippen LogP contribution >= 0.6 is 35.4 Å². The highest BCUT2D eigenvalue weighted by atomic mass is 35.5. The van der Waals surface area contributed by atoms with Gasteiger partial charge in [0.1, 0.15) is 0 Å². The maximum atomic E-state index is 11.9. The molecule has 3 N–H and O–H groups in total. The van der Waals surface area contributed by atoms with Crippen LogP contribution in [0, 0.1) is 0 Å². The number of carbonyl (C=O) groups excluding carboxylic acids is 1. The van der Waals surface area contributed by atoms with E-state index < -0.39 is 0 Å². The Bertz CT molecular complexity index is 928. The van der Waals surface area contributed by atoms with Crippen LogP contribution < -0.4 is 16.0 Å². The lowest BCUT2D eigenvalue weighted by Crippen LogP contribution is -2.19. The third-order valence-corrected chi connectivity index (χ3v) is 4.09. The van der Waals surface area contributed by atoms with E-state index in [1.165, 1.54) is 6.26 Å². The van der Waals surface area contributed by atoms with Crippen LogP contribution in [0.1, 0.15) is 10.6 Å². The van der Waals surface area contributed by atoms with Crippen LogP contribution in [0.15, 0.2) is 65.3 Å². The van der Waals surface area contributed by atoms with Gasteiger partial charge in [-0.1, -0.05) is 23.2 Å². The molecule has 2 aromatic carbocycles. The van der Waals surface area contributed by atoms with Crippen LogP contribution in [0.2, 0.25) is 10.0 Å². The fourth-order valence-electron chi connectivity index (χ4n) is 2.12. The highest BCUT2D eigenvalue weighted by Gasteiger charge is 2.09. The summed E-state index contributed by atoms with van der Waals surface area (Å²) in [5.74, 6) is -0.0699. The van der Waals surface area contributed by atoms with E-state index in [1.54, 1.807) is 54.6 Å². The molecule has 26 heavy (non-hydrogen) atoms. The number of rotatable bonds is 4. The molecule has 1 aromatic heterocycles. The highest BCUT2D eigenvalue weighted by Crippen LogP contribution is 2.25. The average Bonchev–Trinajstić information content (AvgIpc) is 3.14. The molecule has 8 heteroatoms. The minimum atomic E-state index is -0.316. The van der Waals surface area contributed by atoms with Gasteiger partial charge in [0.25, 0.3) is 5.91 Å². The van der Waals surface area contributed by atoms with Gasteiger partial charge in [-0.3, -0.25) is 4.79 Å². The van der Waals surface area contributed by atoms with Gasteiger partial charge in [-0.2, -0.15) is 0 Å². The van der Waals surface area contributed by atoms with Crippen molar-refractivity contribution in [2.75, 3.05) is 16.0 Å². The van der Waals surface area contributed by atoms with E-state index in [4.69, 9.17) is 39.8 Å². The quantitative estimate of drug-likeness (QED) is 0.489. The summed E-state index contributed by atoms with van der Waals surface area (Å²) in [6.07, 6.45) is 1.45. The molecule has 0 aliphatic carbocycles. The molecule has 0 aliphatic rings. The van der Waals surface area contributed by atoms with Crippen LogP contribution in [0.3, 0.4) is 0 Å². The molecule has 0 aliphatic heterocycles. The molecule has 0 saturated carbocycles. The number of furan rings is 1. The maximum absolute atomic E-state index is 11.9. The second-order valence-corrected chi connectivity index (χ2v) is 6.46. The lowest BCUT2D eigenvalue weighted by molar-refractivity contribution is 0.0996. The van der Waals surface area contributed by atoms with Gasteiger partial charge >= 0.3 is 0 Å². The first-order valence-electron chi connectivity index (χ1n) is 7.49. The molecule has 1 amide bonds. The predicted octanol–water partition coefficient (Wildman–Crippen LogP) is 5.65. The molecule has 1 heterocycles. The number of hydrogen-bond donors (Lipinski definition) is 3. The van der Waals surface area contributed by atoms with Crippen molar-refractivity contribution in [3.63, 3.8) is 0 Å². The summed E-state index contributed by atoms with van der Waals surface area (Å²) in [6.45, 7) is 0. The average molecular weight is 406 g/mol. The molecule has 5 nitrogen and oxygen atoms in total. The Balaban J connectivity index is 1.59. The van der Waals surface area contributed by atoms with Gasteiger partial charge in [-0.25, -0.2) is 0 Å². The first kappa shape index (κ1) is 18.3. The number of halogens is 2. The third kappa shape index (κ3) is 4.76. The Labute approximate surface area is 165 Å². The zero-order valence-electron chi connectivity index (χ0n) is 13.3. The Morgan fingerprint density at radius 2 is 1.62 bits per heavy atom. The largest absolute Gasteiger partial charge is 0.459 e. The van der Waals surface area contributed by atoms with Gasteiger partial charge in [-0.05, 0) is 66.8 Å². The second kappa shape index (κ2) is 8.23. The first-order valence-corrected chi connectivity index (χ1v) is 8.65. The molecule has 0 spiro atoms. The lowest BCUT2D eigenvalue weighted by Gasteiger charge is -2.12. The predicted molar refractivity (Wildman–Crippen MR) is 109 cm³/mol. The van der Waals surface area contributed by atoms with Crippen molar-refractivity contribution >= 4 is 63.5 Å². The number of hydrogen-bond acceptors (Lipinski definition) is 3. The molecular weight excluding hydrogens is 393 g/mol. The normalized spacial score (nSPS) is 10.2. The fourth-order valence-corrected chi connectivity index (χ4v) is 2.68. The van der Waals surface area contributed by atoms with Gasteiger partial charge < -0.3 is 20.4 Å². The second-order valence-electron chi connectivity index (χ2n) is 5.21. The van der Waals surface area contributed by atoms with E-state index in [9.17, 15) is 4.79 Å². The zero-order valence-corrected chi connectivity index (χ0v) is 15.6. The Morgan fingerprint density at radius 1 is 0.923 bits per heavy atom. The molecule has 3 rings (SSSR count). The summed E-state index contributed by atoms with van der Waals surface area (Å²) >= 11 is 17.3. The molecule has 0 fully saturated rings. The maximum Gasteiger partial charge on any atom is 0.291 e. The van der Waals surface area contributed by atoms with E-state index in [0.29, 0.717) is 26.5 Å².